The summed E-state index contributed by atoms with van der Waals surface area (Å²) in [6.45, 7) is 3.04. The van der Waals surface area contributed by atoms with Crippen LogP contribution in [0.3, 0.4) is 0 Å². The maximum absolute atomic E-state index is 12.0. The van der Waals surface area contributed by atoms with Crippen molar-refractivity contribution in [3.63, 3.8) is 0 Å². The molecule has 1 aliphatic rings. The minimum absolute atomic E-state index is 0.0862. The third kappa shape index (κ3) is 9.14. The van der Waals surface area contributed by atoms with Crippen molar-refractivity contribution in [2.24, 2.45) is 5.92 Å². The number of ether oxygens (including phenoxy) is 2. The summed E-state index contributed by atoms with van der Waals surface area (Å²) in [6.07, 6.45) is 5.43. The highest BCUT2D eigenvalue weighted by Gasteiger charge is 2.21. The average Bonchev–Trinajstić information content (AvgIpc) is 2.84. The topological polar surface area (TPSA) is 96.9 Å². The zero-order valence-electron chi connectivity index (χ0n) is 19.0. The molecule has 0 radical (unpaired) electrons. The lowest BCUT2D eigenvalue weighted by molar-refractivity contribution is -0.139. The molecule has 0 spiro atoms. The Balaban J connectivity index is 1.37. The van der Waals surface area contributed by atoms with E-state index in [9.17, 15) is 14.7 Å². The lowest BCUT2D eigenvalue weighted by Crippen LogP contribution is -2.42. The van der Waals surface area contributed by atoms with Gasteiger partial charge in [-0.15, -0.1) is 0 Å². The van der Waals surface area contributed by atoms with Gasteiger partial charge in [0.15, 0.2) is 0 Å². The van der Waals surface area contributed by atoms with Gasteiger partial charge in [0, 0.05) is 6.42 Å². The highest BCUT2D eigenvalue weighted by Crippen LogP contribution is 2.19. The van der Waals surface area contributed by atoms with Crippen molar-refractivity contribution in [3.8, 4) is 5.75 Å². The van der Waals surface area contributed by atoms with E-state index >= 15 is 0 Å². The number of unbranched alkanes of at least 4 members (excludes halogenated alkanes) is 1. The number of hydrogen-bond acceptors (Lipinski definition) is 5. The number of carboxylic acids is 1. The number of nitrogens with one attached hydrogen (secondary N) is 2. The molecule has 2 aromatic carbocycles. The number of aliphatic carboxylic acids is 1. The number of carbonyl (C=O) groups excluding carboxylic acids is 1. The van der Waals surface area contributed by atoms with Crippen molar-refractivity contribution in [1.82, 2.24) is 10.6 Å². The lowest BCUT2D eigenvalue weighted by Gasteiger charge is -2.22. The molecule has 3 N–H and O–H groups in total. The van der Waals surface area contributed by atoms with Gasteiger partial charge in [0.2, 0.25) is 0 Å². The molecule has 2 aromatic rings. The summed E-state index contributed by atoms with van der Waals surface area (Å²) in [5, 5.41) is 15.3. The van der Waals surface area contributed by atoms with Crippen molar-refractivity contribution in [1.29, 1.82) is 0 Å². The number of carbonyl (C=O) groups is 2. The maximum atomic E-state index is 12.0. The van der Waals surface area contributed by atoms with Crippen LogP contribution in [0.25, 0.3) is 0 Å². The van der Waals surface area contributed by atoms with Crippen molar-refractivity contribution in [3.05, 3.63) is 65.7 Å². The van der Waals surface area contributed by atoms with Gasteiger partial charge in [-0.3, -0.25) is 0 Å². The summed E-state index contributed by atoms with van der Waals surface area (Å²) in [4.78, 5) is 23.6. The summed E-state index contributed by atoms with van der Waals surface area (Å²) in [7, 11) is 0. The van der Waals surface area contributed by atoms with Gasteiger partial charge in [-0.2, -0.15) is 0 Å². The largest absolute Gasteiger partial charge is 0.494 e. The SMILES string of the molecule is O=C(N[C@@H](Cc1ccc(OCCCCC2CCNCC2)cc1)C(=O)O)OCc1ccccc1. The molecule has 178 valence electrons. The number of carboxylic acid groups (broad SMARTS) is 1. The Bertz CT molecular complexity index is 851. The Hall–Kier alpha value is -3.06. The van der Waals surface area contributed by atoms with Gasteiger partial charge in [0.25, 0.3) is 0 Å². The Labute approximate surface area is 195 Å². The Kier molecular flexibility index (Phi) is 10.0. The number of hydrogen-bond donors (Lipinski definition) is 3. The second-order valence-corrected chi connectivity index (χ2v) is 8.48. The molecule has 1 atom stereocenters. The third-order valence-corrected chi connectivity index (χ3v) is 5.90. The number of alkyl carbamates (subject to hydrolysis) is 1. The van der Waals surface area contributed by atoms with Crippen molar-refractivity contribution < 1.29 is 24.2 Å². The molecule has 7 nitrogen and oxygen atoms in total. The molecule has 1 saturated heterocycles. The average molecular weight is 455 g/mol. The standard InChI is InChI=1S/C26H34N2O5/c29-25(30)24(28-26(31)33-19-22-7-2-1-3-8-22)18-21-9-11-23(12-10-21)32-17-5-4-6-20-13-15-27-16-14-20/h1-3,7-12,20,24,27H,4-6,13-19H2,(H,28,31)(H,29,30)/t24-/m0/s1. The van der Waals surface area contributed by atoms with E-state index in [1.165, 1.54) is 25.7 Å². The van der Waals surface area contributed by atoms with Crippen LogP contribution >= 0.6 is 0 Å². The Morgan fingerprint density at radius 1 is 1.00 bits per heavy atom. The van der Waals surface area contributed by atoms with E-state index in [1.54, 1.807) is 0 Å². The summed E-state index contributed by atoms with van der Waals surface area (Å²) in [5.41, 5.74) is 1.63. The van der Waals surface area contributed by atoms with E-state index in [-0.39, 0.29) is 13.0 Å². The van der Waals surface area contributed by atoms with Gasteiger partial charge in [0.05, 0.1) is 6.61 Å². The van der Waals surface area contributed by atoms with Crippen molar-refractivity contribution in [2.75, 3.05) is 19.7 Å². The summed E-state index contributed by atoms with van der Waals surface area (Å²) < 4.78 is 11.0. The molecular formula is C26H34N2O5. The van der Waals surface area contributed by atoms with Gasteiger partial charge < -0.3 is 25.2 Å². The molecule has 33 heavy (non-hydrogen) atoms. The quantitative estimate of drug-likeness (QED) is 0.417. The Morgan fingerprint density at radius 3 is 2.42 bits per heavy atom. The normalized spacial score (nSPS) is 14.9. The molecule has 3 rings (SSSR count). The van der Waals surface area contributed by atoms with Crippen LogP contribution in [0.4, 0.5) is 4.79 Å². The van der Waals surface area contributed by atoms with Crippen LogP contribution in [0.15, 0.2) is 54.6 Å². The molecule has 0 aliphatic carbocycles. The predicted octanol–water partition coefficient (Wildman–Crippen LogP) is 4.16. The van der Waals surface area contributed by atoms with E-state index in [0.29, 0.717) is 6.61 Å². The van der Waals surface area contributed by atoms with E-state index in [1.807, 2.05) is 54.6 Å². The molecule has 1 aliphatic heterocycles. The van der Waals surface area contributed by atoms with Crippen molar-refractivity contribution in [2.45, 2.75) is 51.2 Å². The van der Waals surface area contributed by atoms with Crippen LogP contribution in [0.2, 0.25) is 0 Å². The molecule has 1 fully saturated rings. The summed E-state index contributed by atoms with van der Waals surface area (Å²) in [6, 6.07) is 15.5. The van der Waals surface area contributed by atoms with E-state index < -0.39 is 18.1 Å². The smallest absolute Gasteiger partial charge is 0.408 e. The van der Waals surface area contributed by atoms with E-state index in [2.05, 4.69) is 10.6 Å². The van der Waals surface area contributed by atoms with E-state index in [0.717, 1.165) is 42.3 Å². The molecular weight excluding hydrogens is 420 g/mol. The zero-order chi connectivity index (χ0) is 23.3. The lowest BCUT2D eigenvalue weighted by atomic mass is 9.93. The zero-order valence-corrected chi connectivity index (χ0v) is 19.0. The summed E-state index contributed by atoms with van der Waals surface area (Å²) in [5.74, 6) is 0.500. The Morgan fingerprint density at radius 2 is 1.73 bits per heavy atom. The van der Waals surface area contributed by atoms with Crippen LogP contribution in [-0.4, -0.2) is 42.9 Å². The molecule has 0 bridgehead atoms. The fraction of sp³-hybridized carbons (Fsp3) is 0.462. The second kappa shape index (κ2) is 13.5. The van der Waals surface area contributed by atoms with Crippen LogP contribution in [0.1, 0.15) is 43.2 Å². The van der Waals surface area contributed by atoms with Crippen molar-refractivity contribution >= 4 is 12.1 Å². The number of amides is 1. The second-order valence-electron chi connectivity index (χ2n) is 8.48. The highest BCUT2D eigenvalue weighted by molar-refractivity contribution is 5.80. The molecule has 1 amide bonds. The van der Waals surface area contributed by atoms with Gasteiger partial charge in [0.1, 0.15) is 18.4 Å². The van der Waals surface area contributed by atoms with Gasteiger partial charge in [-0.25, -0.2) is 9.59 Å². The number of benzene rings is 2. The molecule has 0 saturated carbocycles. The molecule has 1 heterocycles. The van der Waals surface area contributed by atoms with Crippen LogP contribution in [-0.2, 0) is 22.6 Å². The van der Waals surface area contributed by atoms with Crippen LogP contribution in [0, 0.1) is 5.92 Å². The first-order chi connectivity index (χ1) is 16.1. The first-order valence-electron chi connectivity index (χ1n) is 11.7. The van der Waals surface area contributed by atoms with Gasteiger partial charge in [-0.1, -0.05) is 48.9 Å². The number of piperidine rings is 1. The monoisotopic (exact) mass is 454 g/mol. The van der Waals surface area contributed by atoms with Crippen LogP contribution < -0.4 is 15.4 Å². The minimum atomic E-state index is -1.11. The number of rotatable bonds is 12. The summed E-state index contributed by atoms with van der Waals surface area (Å²) >= 11 is 0. The molecule has 0 unspecified atom stereocenters. The van der Waals surface area contributed by atoms with Gasteiger partial charge >= 0.3 is 12.1 Å². The minimum Gasteiger partial charge on any atom is -0.494 e. The third-order valence-electron chi connectivity index (χ3n) is 5.90. The fourth-order valence-corrected chi connectivity index (χ4v) is 3.96. The fourth-order valence-electron chi connectivity index (χ4n) is 3.96. The maximum Gasteiger partial charge on any atom is 0.408 e. The molecule has 0 aromatic heterocycles. The van der Waals surface area contributed by atoms with Crippen LogP contribution in [0.5, 0.6) is 5.75 Å². The van der Waals surface area contributed by atoms with Gasteiger partial charge in [-0.05, 0) is 68.0 Å². The predicted molar refractivity (Wildman–Crippen MR) is 126 cm³/mol. The highest BCUT2D eigenvalue weighted by atomic mass is 16.5. The van der Waals surface area contributed by atoms with E-state index in [4.69, 9.17) is 9.47 Å². The first kappa shape index (κ1) is 24.6. The molecule has 7 heteroatoms. The first-order valence-corrected chi connectivity index (χ1v) is 11.7.